The van der Waals surface area contributed by atoms with Crippen LogP contribution >= 0.6 is 0 Å². The summed E-state index contributed by atoms with van der Waals surface area (Å²) in [4.78, 5) is 26.0. The topological polar surface area (TPSA) is 86.3 Å². The minimum absolute atomic E-state index is 0.229. The number of rotatable bonds is 3. The van der Waals surface area contributed by atoms with Crippen LogP contribution in [-0.4, -0.2) is 45.2 Å². The van der Waals surface area contributed by atoms with Crippen LogP contribution in [0.1, 0.15) is 42.9 Å². The van der Waals surface area contributed by atoms with Gasteiger partial charge in [-0.2, -0.15) is 5.10 Å². The SMILES string of the molecule is Cc1[nH]ncc1C1CCN(C(=O)C2(C(=O)O)CC=CC2)CC1. The number of hydrogen-bond acceptors (Lipinski definition) is 3. The Morgan fingerprint density at radius 2 is 1.95 bits per heavy atom. The Kier molecular flexibility index (Phi) is 3.76. The van der Waals surface area contributed by atoms with E-state index in [-0.39, 0.29) is 5.91 Å². The van der Waals surface area contributed by atoms with Crippen LogP contribution < -0.4 is 0 Å². The third-order valence-corrected chi connectivity index (χ3v) is 5.01. The maximum Gasteiger partial charge on any atom is 0.319 e. The standard InChI is InChI=1S/C16H21N3O3/c1-11-13(10-17-18-11)12-4-8-19(9-5-12)14(20)16(15(21)22)6-2-3-7-16/h2-3,10,12H,4-9H2,1H3,(H,17,18)(H,21,22). The molecule has 0 saturated carbocycles. The number of H-pyrrole nitrogens is 1. The number of aromatic amines is 1. The predicted octanol–water partition coefficient (Wildman–Crippen LogP) is 1.85. The second kappa shape index (κ2) is 5.59. The maximum absolute atomic E-state index is 12.7. The molecule has 6 heteroatoms. The number of aryl methyl sites for hydroxylation is 1. The van der Waals surface area contributed by atoms with E-state index in [1.54, 1.807) is 17.1 Å². The summed E-state index contributed by atoms with van der Waals surface area (Å²) < 4.78 is 0. The minimum atomic E-state index is -1.27. The van der Waals surface area contributed by atoms with Crippen LogP contribution in [0.5, 0.6) is 0 Å². The Morgan fingerprint density at radius 1 is 1.32 bits per heavy atom. The smallest absolute Gasteiger partial charge is 0.319 e. The van der Waals surface area contributed by atoms with Gasteiger partial charge in [0.2, 0.25) is 5.91 Å². The van der Waals surface area contributed by atoms with E-state index in [0.717, 1.165) is 18.5 Å². The molecule has 1 aromatic heterocycles. The van der Waals surface area contributed by atoms with Gasteiger partial charge in [0.1, 0.15) is 0 Å². The van der Waals surface area contributed by atoms with Crippen molar-refractivity contribution in [1.82, 2.24) is 15.1 Å². The number of carbonyl (C=O) groups excluding carboxylic acids is 1. The summed E-state index contributed by atoms with van der Waals surface area (Å²) in [5.41, 5.74) is 1.02. The van der Waals surface area contributed by atoms with E-state index in [1.165, 1.54) is 5.56 Å². The molecule has 2 N–H and O–H groups in total. The van der Waals surface area contributed by atoms with Crippen LogP contribution in [0.15, 0.2) is 18.3 Å². The van der Waals surface area contributed by atoms with Crippen molar-refractivity contribution in [3.05, 3.63) is 29.6 Å². The van der Waals surface area contributed by atoms with Crippen molar-refractivity contribution >= 4 is 11.9 Å². The Morgan fingerprint density at radius 3 is 2.45 bits per heavy atom. The fourth-order valence-electron chi connectivity index (χ4n) is 3.56. The fourth-order valence-corrected chi connectivity index (χ4v) is 3.56. The van der Waals surface area contributed by atoms with Crippen LogP contribution in [-0.2, 0) is 9.59 Å². The molecular formula is C16H21N3O3. The van der Waals surface area contributed by atoms with Crippen LogP contribution in [0.25, 0.3) is 0 Å². The average molecular weight is 303 g/mol. The first-order valence-corrected chi connectivity index (χ1v) is 7.72. The number of carboxylic acids is 1. The molecule has 22 heavy (non-hydrogen) atoms. The number of nitrogens with one attached hydrogen (secondary N) is 1. The lowest BCUT2D eigenvalue weighted by molar-refractivity contribution is -0.160. The van der Waals surface area contributed by atoms with Gasteiger partial charge in [0, 0.05) is 18.8 Å². The van der Waals surface area contributed by atoms with E-state index >= 15 is 0 Å². The zero-order valence-electron chi connectivity index (χ0n) is 12.7. The normalized spacial score (nSPS) is 21.2. The van der Waals surface area contributed by atoms with Crippen LogP contribution in [0.3, 0.4) is 0 Å². The van der Waals surface area contributed by atoms with E-state index in [9.17, 15) is 14.7 Å². The van der Waals surface area contributed by atoms with E-state index in [4.69, 9.17) is 0 Å². The number of amides is 1. The summed E-state index contributed by atoms with van der Waals surface area (Å²) in [5, 5.41) is 16.5. The highest BCUT2D eigenvalue weighted by atomic mass is 16.4. The lowest BCUT2D eigenvalue weighted by atomic mass is 9.82. The van der Waals surface area contributed by atoms with Crippen molar-refractivity contribution in [1.29, 1.82) is 0 Å². The monoisotopic (exact) mass is 303 g/mol. The van der Waals surface area contributed by atoms with Gasteiger partial charge < -0.3 is 10.0 Å². The molecule has 0 aromatic carbocycles. The van der Waals surface area contributed by atoms with Crippen molar-refractivity contribution in [2.75, 3.05) is 13.1 Å². The second-order valence-corrected chi connectivity index (χ2v) is 6.28. The molecule has 1 amide bonds. The van der Waals surface area contributed by atoms with Gasteiger partial charge in [-0.25, -0.2) is 0 Å². The quantitative estimate of drug-likeness (QED) is 0.659. The highest BCUT2D eigenvalue weighted by molar-refractivity contribution is 6.02. The highest BCUT2D eigenvalue weighted by Gasteiger charge is 2.48. The van der Waals surface area contributed by atoms with Gasteiger partial charge in [0.15, 0.2) is 5.41 Å². The number of carbonyl (C=O) groups is 2. The van der Waals surface area contributed by atoms with Crippen molar-refractivity contribution in [2.24, 2.45) is 5.41 Å². The molecule has 6 nitrogen and oxygen atoms in total. The van der Waals surface area contributed by atoms with Crippen molar-refractivity contribution in [2.45, 2.75) is 38.5 Å². The van der Waals surface area contributed by atoms with Crippen molar-refractivity contribution in [3.8, 4) is 0 Å². The van der Waals surface area contributed by atoms with Crippen molar-refractivity contribution < 1.29 is 14.7 Å². The summed E-state index contributed by atoms with van der Waals surface area (Å²) in [5.74, 6) is -0.840. The number of hydrogen-bond donors (Lipinski definition) is 2. The van der Waals surface area contributed by atoms with Crippen LogP contribution in [0.2, 0.25) is 0 Å². The zero-order valence-corrected chi connectivity index (χ0v) is 12.7. The van der Waals surface area contributed by atoms with E-state index in [1.807, 2.05) is 13.1 Å². The first kappa shape index (κ1) is 14.8. The summed E-state index contributed by atoms with van der Waals surface area (Å²) in [6, 6.07) is 0. The number of aliphatic carboxylic acids is 1. The number of aromatic nitrogens is 2. The second-order valence-electron chi connectivity index (χ2n) is 6.28. The molecule has 3 rings (SSSR count). The molecule has 0 radical (unpaired) electrons. The van der Waals surface area contributed by atoms with Crippen LogP contribution in [0, 0.1) is 12.3 Å². The van der Waals surface area contributed by atoms with Crippen LogP contribution in [0.4, 0.5) is 0 Å². The third-order valence-electron chi connectivity index (χ3n) is 5.01. The molecule has 0 bridgehead atoms. The number of allylic oxidation sites excluding steroid dienone is 2. The van der Waals surface area contributed by atoms with Gasteiger partial charge in [0.05, 0.1) is 6.20 Å². The molecule has 1 aliphatic heterocycles. The molecule has 2 heterocycles. The first-order chi connectivity index (χ1) is 10.5. The largest absolute Gasteiger partial charge is 0.480 e. The number of likely N-dealkylation sites (tertiary alicyclic amines) is 1. The summed E-state index contributed by atoms with van der Waals surface area (Å²) >= 11 is 0. The van der Waals surface area contributed by atoms with Gasteiger partial charge in [-0.3, -0.25) is 14.7 Å². The van der Waals surface area contributed by atoms with Gasteiger partial charge in [-0.1, -0.05) is 12.2 Å². The zero-order chi connectivity index (χ0) is 15.7. The number of nitrogens with zero attached hydrogens (tertiary/aromatic N) is 2. The molecular weight excluding hydrogens is 282 g/mol. The van der Waals surface area contributed by atoms with Gasteiger partial charge >= 0.3 is 5.97 Å². The first-order valence-electron chi connectivity index (χ1n) is 7.72. The Labute approximate surface area is 129 Å². The number of piperidine rings is 1. The molecule has 1 aliphatic carbocycles. The average Bonchev–Trinajstić information content (AvgIpc) is 3.16. The molecule has 1 aromatic rings. The molecule has 1 fully saturated rings. The van der Waals surface area contributed by atoms with E-state index < -0.39 is 11.4 Å². The highest BCUT2D eigenvalue weighted by Crippen LogP contribution is 2.38. The molecule has 0 unspecified atom stereocenters. The molecule has 118 valence electrons. The van der Waals surface area contributed by atoms with Gasteiger partial charge in [0.25, 0.3) is 0 Å². The Balaban J connectivity index is 1.67. The van der Waals surface area contributed by atoms with E-state index in [2.05, 4.69) is 10.2 Å². The Bertz CT molecular complexity index is 604. The summed E-state index contributed by atoms with van der Waals surface area (Å²) in [6.07, 6.45) is 7.78. The minimum Gasteiger partial charge on any atom is -0.480 e. The molecule has 2 aliphatic rings. The summed E-state index contributed by atoms with van der Waals surface area (Å²) in [6.45, 7) is 3.23. The van der Waals surface area contributed by atoms with Gasteiger partial charge in [-0.15, -0.1) is 0 Å². The summed E-state index contributed by atoms with van der Waals surface area (Å²) in [7, 11) is 0. The maximum atomic E-state index is 12.7. The fraction of sp³-hybridized carbons (Fsp3) is 0.562. The van der Waals surface area contributed by atoms with Gasteiger partial charge in [-0.05, 0) is 44.1 Å². The third kappa shape index (κ3) is 2.32. The van der Waals surface area contributed by atoms with Crippen molar-refractivity contribution in [3.63, 3.8) is 0 Å². The predicted molar refractivity (Wildman–Crippen MR) is 80.3 cm³/mol. The molecule has 0 spiro atoms. The molecule has 0 atom stereocenters. The molecule has 1 saturated heterocycles. The Hall–Kier alpha value is -2.11. The lowest BCUT2D eigenvalue weighted by Gasteiger charge is -2.36. The lowest BCUT2D eigenvalue weighted by Crippen LogP contribution is -2.49. The number of carboxylic acid groups (broad SMARTS) is 1. The van der Waals surface area contributed by atoms with E-state index in [0.29, 0.717) is 31.8 Å².